The molecular weight excluding hydrogens is 218 g/mol. The van der Waals surface area contributed by atoms with Crippen molar-refractivity contribution in [3.63, 3.8) is 0 Å². The predicted molar refractivity (Wildman–Crippen MR) is 66.5 cm³/mol. The van der Waals surface area contributed by atoms with E-state index in [9.17, 15) is 4.79 Å². The molecule has 6 heteroatoms. The third-order valence-corrected chi connectivity index (χ3v) is 2.25. The third-order valence-electron chi connectivity index (χ3n) is 2.25. The quantitative estimate of drug-likeness (QED) is 0.629. The number of nitrogens with one attached hydrogen (secondary N) is 3. The van der Waals surface area contributed by atoms with Crippen molar-refractivity contribution in [1.29, 1.82) is 0 Å². The van der Waals surface area contributed by atoms with Crippen molar-refractivity contribution in [2.45, 2.75) is 0 Å². The fourth-order valence-electron chi connectivity index (χ4n) is 1.44. The van der Waals surface area contributed by atoms with Gasteiger partial charge in [0, 0.05) is 18.3 Å². The first kappa shape index (κ1) is 11.0. The summed E-state index contributed by atoms with van der Waals surface area (Å²) in [5.41, 5.74) is 7.93. The molecule has 2 rings (SSSR count). The number of nitrogens with zero attached hydrogens (tertiary/aromatic N) is 1. The van der Waals surface area contributed by atoms with Crippen molar-refractivity contribution in [2.75, 3.05) is 18.1 Å². The number of aromatic amines is 1. The lowest BCUT2D eigenvalue weighted by atomic mass is 10.1. The van der Waals surface area contributed by atoms with Crippen LogP contribution in [0.5, 0.6) is 0 Å². The first-order chi connectivity index (χ1) is 8.19. The fraction of sp³-hybridized carbons (Fsp3) is 0.0909. The van der Waals surface area contributed by atoms with Gasteiger partial charge >= 0.3 is 6.03 Å². The molecule has 0 unspecified atom stereocenters. The van der Waals surface area contributed by atoms with Gasteiger partial charge in [0.15, 0.2) is 5.95 Å². The highest BCUT2D eigenvalue weighted by Gasteiger charge is 2.03. The minimum atomic E-state index is -0.258. The number of hydrogen-bond donors (Lipinski definition) is 4. The van der Waals surface area contributed by atoms with Crippen LogP contribution in [-0.4, -0.2) is 23.0 Å². The molecule has 88 valence electrons. The van der Waals surface area contributed by atoms with Crippen LogP contribution < -0.4 is 16.4 Å². The molecule has 17 heavy (non-hydrogen) atoms. The van der Waals surface area contributed by atoms with Crippen molar-refractivity contribution < 1.29 is 4.79 Å². The highest BCUT2D eigenvalue weighted by atomic mass is 16.2. The number of imidazole rings is 1. The van der Waals surface area contributed by atoms with E-state index in [0.717, 1.165) is 11.3 Å². The summed E-state index contributed by atoms with van der Waals surface area (Å²) in [6.45, 7) is 0. The summed E-state index contributed by atoms with van der Waals surface area (Å²) in [5, 5.41) is 5.18. The molecule has 0 aliphatic rings. The maximum Gasteiger partial charge on any atom is 0.318 e. The summed E-state index contributed by atoms with van der Waals surface area (Å²) in [7, 11) is 1.56. The normalized spacial score (nSPS) is 9.94. The Labute approximate surface area is 98.2 Å². The zero-order valence-electron chi connectivity index (χ0n) is 9.32. The summed E-state index contributed by atoms with van der Waals surface area (Å²) >= 11 is 0. The molecule has 2 aromatic rings. The number of H-pyrrole nitrogens is 1. The van der Waals surface area contributed by atoms with Gasteiger partial charge in [0.25, 0.3) is 0 Å². The van der Waals surface area contributed by atoms with Crippen LogP contribution in [0.1, 0.15) is 0 Å². The van der Waals surface area contributed by atoms with Gasteiger partial charge in [-0.2, -0.15) is 0 Å². The summed E-state index contributed by atoms with van der Waals surface area (Å²) in [4.78, 5) is 18.0. The Hall–Kier alpha value is -2.50. The zero-order valence-corrected chi connectivity index (χ0v) is 9.32. The molecule has 1 aromatic heterocycles. The minimum Gasteiger partial charge on any atom is -0.369 e. The second kappa shape index (κ2) is 4.56. The topological polar surface area (TPSA) is 95.8 Å². The Morgan fingerprint density at radius 1 is 1.47 bits per heavy atom. The van der Waals surface area contributed by atoms with Gasteiger partial charge in [0.05, 0.1) is 11.9 Å². The van der Waals surface area contributed by atoms with Gasteiger partial charge in [-0.25, -0.2) is 9.78 Å². The van der Waals surface area contributed by atoms with Gasteiger partial charge in [0.2, 0.25) is 0 Å². The number of benzene rings is 1. The number of nitrogen functional groups attached to an aromatic ring is 1. The molecular formula is C11H13N5O. The standard InChI is InChI=1S/C11H13N5O/c1-13-11(17)15-8-4-2-3-7(5-8)9-6-14-10(12)16-9/h2-6H,1H3,(H3,12,14,16)(H2,13,15,17). The maximum atomic E-state index is 11.2. The van der Waals surface area contributed by atoms with Crippen LogP contribution in [0.4, 0.5) is 16.4 Å². The van der Waals surface area contributed by atoms with Gasteiger partial charge in [0.1, 0.15) is 0 Å². The van der Waals surface area contributed by atoms with E-state index >= 15 is 0 Å². The molecule has 6 nitrogen and oxygen atoms in total. The molecule has 0 atom stereocenters. The van der Waals surface area contributed by atoms with Crippen molar-refractivity contribution in [3.05, 3.63) is 30.5 Å². The Balaban J connectivity index is 2.25. The van der Waals surface area contributed by atoms with Crippen LogP contribution in [0.25, 0.3) is 11.3 Å². The van der Waals surface area contributed by atoms with E-state index < -0.39 is 0 Å². The molecule has 1 heterocycles. The summed E-state index contributed by atoms with van der Waals surface area (Å²) in [6, 6.07) is 7.13. The first-order valence-electron chi connectivity index (χ1n) is 5.08. The van der Waals surface area contributed by atoms with E-state index in [-0.39, 0.29) is 6.03 Å². The van der Waals surface area contributed by atoms with Crippen molar-refractivity contribution in [3.8, 4) is 11.3 Å². The molecule has 0 aliphatic heterocycles. The summed E-state index contributed by atoms with van der Waals surface area (Å²) < 4.78 is 0. The predicted octanol–water partition coefficient (Wildman–Crippen LogP) is 1.41. The molecule has 0 saturated carbocycles. The number of carbonyl (C=O) groups is 1. The number of aromatic nitrogens is 2. The molecule has 0 saturated heterocycles. The number of rotatable bonds is 2. The largest absolute Gasteiger partial charge is 0.369 e. The molecule has 0 bridgehead atoms. The smallest absolute Gasteiger partial charge is 0.318 e. The van der Waals surface area contributed by atoms with E-state index in [2.05, 4.69) is 20.6 Å². The van der Waals surface area contributed by atoms with Crippen LogP contribution in [0.2, 0.25) is 0 Å². The number of urea groups is 1. The Bertz CT molecular complexity index is 534. The van der Waals surface area contributed by atoms with Crippen LogP contribution in [-0.2, 0) is 0 Å². The van der Waals surface area contributed by atoms with Crippen molar-refractivity contribution >= 4 is 17.7 Å². The lowest BCUT2D eigenvalue weighted by Crippen LogP contribution is -2.24. The van der Waals surface area contributed by atoms with E-state index in [1.165, 1.54) is 0 Å². The van der Waals surface area contributed by atoms with E-state index in [0.29, 0.717) is 11.6 Å². The average molecular weight is 231 g/mol. The minimum absolute atomic E-state index is 0.258. The lowest BCUT2D eigenvalue weighted by molar-refractivity contribution is 0.254. The van der Waals surface area contributed by atoms with Gasteiger partial charge in [-0.3, -0.25) is 0 Å². The summed E-state index contributed by atoms with van der Waals surface area (Å²) in [5.74, 6) is 0.365. The zero-order chi connectivity index (χ0) is 12.3. The van der Waals surface area contributed by atoms with Gasteiger partial charge in [-0.05, 0) is 12.1 Å². The summed E-state index contributed by atoms with van der Waals surface area (Å²) in [6.07, 6.45) is 1.65. The Morgan fingerprint density at radius 3 is 2.94 bits per heavy atom. The monoisotopic (exact) mass is 231 g/mol. The van der Waals surface area contributed by atoms with Crippen LogP contribution in [0.3, 0.4) is 0 Å². The van der Waals surface area contributed by atoms with E-state index in [4.69, 9.17) is 5.73 Å². The van der Waals surface area contributed by atoms with Crippen LogP contribution >= 0.6 is 0 Å². The maximum absolute atomic E-state index is 11.2. The molecule has 2 amide bonds. The Morgan fingerprint density at radius 2 is 2.29 bits per heavy atom. The second-order valence-corrected chi connectivity index (χ2v) is 3.47. The molecule has 0 radical (unpaired) electrons. The van der Waals surface area contributed by atoms with Gasteiger partial charge in [-0.15, -0.1) is 0 Å². The van der Waals surface area contributed by atoms with E-state index in [1.54, 1.807) is 19.3 Å². The van der Waals surface area contributed by atoms with Crippen molar-refractivity contribution in [2.24, 2.45) is 0 Å². The SMILES string of the molecule is CNC(=O)Nc1cccc(-c2cnc(N)[nH]2)c1. The van der Waals surface area contributed by atoms with Gasteiger partial charge < -0.3 is 21.4 Å². The second-order valence-electron chi connectivity index (χ2n) is 3.47. The molecule has 0 spiro atoms. The highest BCUT2D eigenvalue weighted by Crippen LogP contribution is 2.21. The van der Waals surface area contributed by atoms with Crippen molar-refractivity contribution in [1.82, 2.24) is 15.3 Å². The third kappa shape index (κ3) is 2.54. The first-order valence-corrected chi connectivity index (χ1v) is 5.08. The van der Waals surface area contributed by atoms with Crippen LogP contribution in [0, 0.1) is 0 Å². The molecule has 0 fully saturated rings. The number of hydrogen-bond acceptors (Lipinski definition) is 3. The fourth-order valence-corrected chi connectivity index (χ4v) is 1.44. The van der Waals surface area contributed by atoms with E-state index in [1.807, 2.05) is 18.2 Å². The number of anilines is 2. The highest BCUT2D eigenvalue weighted by molar-refractivity contribution is 5.89. The van der Waals surface area contributed by atoms with Gasteiger partial charge in [-0.1, -0.05) is 12.1 Å². The molecule has 5 N–H and O–H groups in total. The molecule has 1 aromatic carbocycles. The molecule has 0 aliphatic carbocycles. The number of amides is 2. The lowest BCUT2D eigenvalue weighted by Gasteiger charge is -2.05. The Kier molecular flexibility index (Phi) is 2.95. The number of carbonyl (C=O) groups excluding carboxylic acids is 1. The van der Waals surface area contributed by atoms with Crippen LogP contribution in [0.15, 0.2) is 30.5 Å². The number of nitrogens with two attached hydrogens (primary N) is 1. The average Bonchev–Trinajstić information content (AvgIpc) is 2.76.